The minimum atomic E-state index is -0.957. The first-order chi connectivity index (χ1) is 17.7. The molecule has 1 heterocycles. The number of amides is 2. The van der Waals surface area contributed by atoms with Gasteiger partial charge in [0.2, 0.25) is 5.91 Å². The van der Waals surface area contributed by atoms with Gasteiger partial charge >= 0.3 is 5.97 Å². The Bertz CT molecular complexity index is 1150. The molecule has 3 N–H and O–H groups in total. The molecule has 0 unspecified atom stereocenters. The van der Waals surface area contributed by atoms with E-state index in [1.165, 1.54) is 0 Å². The highest BCUT2D eigenvalue weighted by molar-refractivity contribution is 6.00. The molecule has 0 radical (unpaired) electrons. The van der Waals surface area contributed by atoms with Gasteiger partial charge in [-0.25, -0.2) is 4.79 Å². The van der Waals surface area contributed by atoms with Crippen molar-refractivity contribution in [1.29, 1.82) is 0 Å². The molecule has 1 aliphatic heterocycles. The zero-order chi connectivity index (χ0) is 26.7. The zero-order valence-electron chi connectivity index (χ0n) is 21.5. The molecular weight excluding hydrogens is 474 g/mol. The monoisotopic (exact) mass is 509 g/mol. The van der Waals surface area contributed by atoms with Crippen LogP contribution >= 0.6 is 0 Å². The van der Waals surface area contributed by atoms with E-state index < -0.39 is 5.97 Å². The lowest BCUT2D eigenvalue weighted by atomic mass is 9.99. The van der Waals surface area contributed by atoms with Crippen LogP contribution in [0.4, 0.5) is 5.69 Å². The first-order valence-corrected chi connectivity index (χ1v) is 12.7. The van der Waals surface area contributed by atoms with Crippen molar-refractivity contribution in [2.24, 2.45) is 11.8 Å². The lowest BCUT2D eigenvalue weighted by molar-refractivity contribution is -0.117. The van der Waals surface area contributed by atoms with Crippen molar-refractivity contribution >= 4 is 23.5 Å². The molecule has 0 bridgehead atoms. The Morgan fingerprint density at radius 3 is 2.51 bits per heavy atom. The molecular formula is C28H35N3O6. The van der Waals surface area contributed by atoms with Crippen LogP contribution in [0.5, 0.6) is 5.75 Å². The SMILES string of the molecule is C[C@@H]1CN([C@@H](C)CO)C(=O)c2cc(NC(=O)C3CC3)ccc2O[C@H]1CN(C)Cc1ccc(C(=O)O)cc1. The number of carboxylic acid groups (broad SMARTS) is 1. The van der Waals surface area contributed by atoms with Gasteiger partial charge in [0.1, 0.15) is 11.9 Å². The van der Waals surface area contributed by atoms with E-state index in [9.17, 15) is 19.5 Å². The Balaban J connectivity index is 1.55. The molecule has 2 amide bonds. The maximum atomic E-state index is 13.5. The fourth-order valence-electron chi connectivity index (χ4n) is 4.54. The summed E-state index contributed by atoms with van der Waals surface area (Å²) in [7, 11) is 1.97. The third-order valence-corrected chi connectivity index (χ3v) is 7.03. The standard InChI is InChI=1S/C28H35N3O6/c1-17-13-31(18(2)16-32)27(34)23-12-22(29-26(33)20-8-9-20)10-11-24(23)37-25(17)15-30(3)14-19-4-6-21(7-5-19)28(35)36/h4-7,10-12,17-18,20,25,32H,8-9,13-16H2,1-3H3,(H,29,33)(H,35,36)/t17-,18+,25+/m1/s1. The predicted molar refractivity (Wildman–Crippen MR) is 139 cm³/mol. The number of nitrogens with one attached hydrogen (secondary N) is 1. The van der Waals surface area contributed by atoms with Crippen LogP contribution in [0.1, 0.15) is 53.0 Å². The molecule has 2 aromatic rings. The minimum absolute atomic E-state index is 0.0304. The summed E-state index contributed by atoms with van der Waals surface area (Å²) >= 11 is 0. The molecule has 0 saturated heterocycles. The Labute approximate surface area is 217 Å². The summed E-state index contributed by atoms with van der Waals surface area (Å²) in [6, 6.07) is 11.6. The lowest BCUT2D eigenvalue weighted by Gasteiger charge is -2.38. The second kappa shape index (κ2) is 11.3. The van der Waals surface area contributed by atoms with Crippen LogP contribution in [-0.2, 0) is 11.3 Å². The molecule has 4 rings (SSSR count). The Morgan fingerprint density at radius 2 is 1.89 bits per heavy atom. The fourth-order valence-corrected chi connectivity index (χ4v) is 4.54. The van der Waals surface area contributed by atoms with E-state index in [0.717, 1.165) is 18.4 Å². The van der Waals surface area contributed by atoms with Crippen molar-refractivity contribution in [2.75, 3.05) is 32.1 Å². The highest BCUT2D eigenvalue weighted by Crippen LogP contribution is 2.33. The number of ether oxygens (including phenoxy) is 1. The average molecular weight is 510 g/mol. The van der Waals surface area contributed by atoms with E-state index in [4.69, 9.17) is 9.84 Å². The molecule has 2 aromatic carbocycles. The zero-order valence-corrected chi connectivity index (χ0v) is 21.5. The Hall–Kier alpha value is -3.43. The van der Waals surface area contributed by atoms with Gasteiger partial charge in [-0.15, -0.1) is 0 Å². The Morgan fingerprint density at radius 1 is 1.19 bits per heavy atom. The summed E-state index contributed by atoms with van der Waals surface area (Å²) in [5.74, 6) is -0.777. The number of aliphatic hydroxyl groups excluding tert-OH is 1. The van der Waals surface area contributed by atoms with Gasteiger partial charge in [0.05, 0.1) is 23.8 Å². The molecule has 2 aliphatic rings. The van der Waals surface area contributed by atoms with Gasteiger partial charge < -0.3 is 25.2 Å². The minimum Gasteiger partial charge on any atom is -0.488 e. The average Bonchev–Trinajstić information content (AvgIpc) is 3.72. The van der Waals surface area contributed by atoms with Gasteiger partial charge in [-0.3, -0.25) is 14.5 Å². The fraction of sp³-hybridized carbons (Fsp3) is 0.464. The van der Waals surface area contributed by atoms with Crippen LogP contribution in [-0.4, -0.2) is 76.7 Å². The number of rotatable bonds is 9. The van der Waals surface area contributed by atoms with Gasteiger partial charge in [0, 0.05) is 37.2 Å². The molecule has 3 atom stereocenters. The van der Waals surface area contributed by atoms with Crippen LogP contribution in [0.3, 0.4) is 0 Å². The highest BCUT2D eigenvalue weighted by atomic mass is 16.5. The number of carboxylic acids is 1. The van der Waals surface area contributed by atoms with Crippen molar-refractivity contribution < 1.29 is 29.3 Å². The van der Waals surface area contributed by atoms with E-state index >= 15 is 0 Å². The van der Waals surface area contributed by atoms with Gasteiger partial charge in [0.15, 0.2) is 0 Å². The number of hydrogen-bond donors (Lipinski definition) is 3. The Kier molecular flexibility index (Phi) is 8.14. The van der Waals surface area contributed by atoms with Crippen molar-refractivity contribution in [3.8, 4) is 5.75 Å². The molecule has 9 heteroatoms. The number of benzene rings is 2. The second-order valence-corrected chi connectivity index (χ2v) is 10.3. The molecule has 1 fully saturated rings. The summed E-state index contributed by atoms with van der Waals surface area (Å²) in [4.78, 5) is 40.7. The molecule has 0 aromatic heterocycles. The summed E-state index contributed by atoms with van der Waals surface area (Å²) in [6.45, 7) is 5.25. The normalized spacial score (nSPS) is 20.5. The van der Waals surface area contributed by atoms with Crippen LogP contribution < -0.4 is 10.1 Å². The number of aromatic carboxylic acids is 1. The first kappa shape index (κ1) is 26.6. The number of fused-ring (bicyclic) bond motifs is 1. The van der Waals surface area contributed by atoms with Crippen molar-refractivity contribution in [3.63, 3.8) is 0 Å². The number of hydrogen-bond acceptors (Lipinski definition) is 6. The summed E-state index contributed by atoms with van der Waals surface area (Å²) in [5, 5.41) is 21.9. The third-order valence-electron chi connectivity index (χ3n) is 7.03. The topological polar surface area (TPSA) is 119 Å². The van der Waals surface area contributed by atoms with Gasteiger partial charge in [-0.2, -0.15) is 0 Å². The molecule has 9 nitrogen and oxygen atoms in total. The van der Waals surface area contributed by atoms with E-state index in [0.29, 0.717) is 36.6 Å². The lowest BCUT2D eigenvalue weighted by Crippen LogP contribution is -2.49. The number of nitrogens with zero attached hydrogens (tertiary/aromatic N) is 2. The summed E-state index contributed by atoms with van der Waals surface area (Å²) in [5.41, 5.74) is 2.14. The van der Waals surface area contributed by atoms with E-state index in [2.05, 4.69) is 10.2 Å². The molecule has 1 saturated carbocycles. The smallest absolute Gasteiger partial charge is 0.335 e. The number of anilines is 1. The summed E-state index contributed by atoms with van der Waals surface area (Å²) < 4.78 is 6.42. The van der Waals surface area contributed by atoms with Crippen molar-refractivity contribution in [1.82, 2.24) is 9.80 Å². The maximum Gasteiger partial charge on any atom is 0.335 e. The molecule has 1 aliphatic carbocycles. The number of aliphatic hydroxyl groups is 1. The van der Waals surface area contributed by atoms with Crippen LogP contribution in [0.2, 0.25) is 0 Å². The number of carbonyl (C=O) groups excluding carboxylic acids is 2. The van der Waals surface area contributed by atoms with Crippen molar-refractivity contribution in [2.45, 2.75) is 45.4 Å². The van der Waals surface area contributed by atoms with Gasteiger partial charge in [-0.1, -0.05) is 19.1 Å². The quantitative estimate of drug-likeness (QED) is 0.475. The van der Waals surface area contributed by atoms with E-state index in [1.54, 1.807) is 47.4 Å². The van der Waals surface area contributed by atoms with Crippen molar-refractivity contribution in [3.05, 3.63) is 59.2 Å². The first-order valence-electron chi connectivity index (χ1n) is 12.7. The van der Waals surface area contributed by atoms with Gasteiger partial charge in [-0.05, 0) is 62.7 Å². The largest absolute Gasteiger partial charge is 0.488 e. The second-order valence-electron chi connectivity index (χ2n) is 10.3. The van der Waals surface area contributed by atoms with Crippen LogP contribution in [0.15, 0.2) is 42.5 Å². The van der Waals surface area contributed by atoms with Gasteiger partial charge in [0.25, 0.3) is 5.91 Å². The third kappa shape index (κ3) is 6.47. The summed E-state index contributed by atoms with van der Waals surface area (Å²) in [6.07, 6.45) is 1.52. The number of likely N-dealkylation sites (N-methyl/N-ethyl adjacent to an activating group) is 1. The molecule has 198 valence electrons. The van der Waals surface area contributed by atoms with Crippen LogP contribution in [0.25, 0.3) is 0 Å². The predicted octanol–water partition coefficient (Wildman–Crippen LogP) is 3.09. The molecule has 0 spiro atoms. The van der Waals surface area contributed by atoms with Crippen LogP contribution in [0, 0.1) is 11.8 Å². The van der Waals surface area contributed by atoms with E-state index in [1.807, 2.05) is 20.9 Å². The number of carbonyl (C=O) groups is 3. The maximum absolute atomic E-state index is 13.5. The highest BCUT2D eigenvalue weighted by Gasteiger charge is 2.34. The molecule has 37 heavy (non-hydrogen) atoms. The van der Waals surface area contributed by atoms with E-state index in [-0.39, 0.29) is 48.0 Å².